The minimum Gasteiger partial charge on any atom is -0.465 e. The Morgan fingerprint density at radius 1 is 1.10 bits per heavy atom. The molecule has 156 valence electrons. The van der Waals surface area contributed by atoms with Crippen LogP contribution in [0.15, 0.2) is 24.3 Å². The first-order chi connectivity index (χ1) is 13.8. The average Bonchev–Trinajstić information content (AvgIpc) is 2.96. The molecule has 1 aromatic carbocycles. The van der Waals surface area contributed by atoms with Gasteiger partial charge in [0.15, 0.2) is 6.61 Å². The van der Waals surface area contributed by atoms with E-state index in [1.165, 1.54) is 31.4 Å². The SMILES string of the molecule is CCC1(CC)NC(=O)N(CC(=O)OCC(=O)Nc2ccc(C(=O)OC)cc2)C1=O. The molecule has 2 N–H and O–H groups in total. The van der Waals surface area contributed by atoms with E-state index in [-0.39, 0.29) is 0 Å². The molecular formula is C19H23N3O7. The molecule has 29 heavy (non-hydrogen) atoms. The molecule has 1 saturated heterocycles. The summed E-state index contributed by atoms with van der Waals surface area (Å²) in [6, 6.07) is 5.27. The van der Waals surface area contributed by atoms with Crippen molar-refractivity contribution < 1.29 is 33.4 Å². The van der Waals surface area contributed by atoms with Gasteiger partial charge in [-0.2, -0.15) is 0 Å². The number of nitrogens with zero attached hydrogens (tertiary/aromatic N) is 1. The molecule has 0 radical (unpaired) electrons. The third-order valence-electron chi connectivity index (χ3n) is 4.69. The third-order valence-corrected chi connectivity index (χ3v) is 4.69. The number of amides is 4. The second-order valence-corrected chi connectivity index (χ2v) is 6.39. The molecule has 1 fully saturated rings. The van der Waals surface area contributed by atoms with E-state index in [0.29, 0.717) is 24.1 Å². The number of ether oxygens (including phenoxy) is 2. The number of urea groups is 1. The number of anilines is 1. The number of nitrogens with one attached hydrogen (secondary N) is 2. The number of imide groups is 1. The van der Waals surface area contributed by atoms with Crippen LogP contribution < -0.4 is 10.6 Å². The second kappa shape index (κ2) is 9.18. The van der Waals surface area contributed by atoms with Crippen LogP contribution in [0.4, 0.5) is 10.5 Å². The lowest BCUT2D eigenvalue weighted by atomic mass is 9.93. The zero-order valence-electron chi connectivity index (χ0n) is 16.4. The Hall–Kier alpha value is -3.43. The van der Waals surface area contributed by atoms with Gasteiger partial charge in [0, 0.05) is 5.69 Å². The molecule has 0 aliphatic carbocycles. The standard InChI is InChI=1S/C19H23N3O7/c1-4-19(5-2)17(26)22(18(27)21-19)10-15(24)29-11-14(23)20-13-8-6-12(7-9-13)16(25)28-3/h6-9H,4-5,10-11H2,1-3H3,(H,20,23)(H,21,27). The van der Waals surface area contributed by atoms with Crippen molar-refractivity contribution in [1.82, 2.24) is 10.2 Å². The van der Waals surface area contributed by atoms with Crippen molar-refractivity contribution in [3.63, 3.8) is 0 Å². The number of carbonyl (C=O) groups excluding carboxylic acids is 5. The number of benzene rings is 1. The van der Waals surface area contributed by atoms with Gasteiger partial charge in [0.1, 0.15) is 12.1 Å². The lowest BCUT2D eigenvalue weighted by molar-refractivity contribution is -0.150. The topological polar surface area (TPSA) is 131 Å². The maximum atomic E-state index is 12.4. The van der Waals surface area contributed by atoms with Crippen molar-refractivity contribution >= 4 is 35.5 Å². The minimum atomic E-state index is -1.01. The Kier molecular flexibility index (Phi) is 6.92. The largest absolute Gasteiger partial charge is 0.465 e. The molecule has 10 nitrogen and oxygen atoms in total. The van der Waals surface area contributed by atoms with E-state index in [1.807, 2.05) is 0 Å². The smallest absolute Gasteiger partial charge is 0.337 e. The fraction of sp³-hybridized carbons (Fsp3) is 0.421. The van der Waals surface area contributed by atoms with Crippen LogP contribution in [0.1, 0.15) is 37.0 Å². The summed E-state index contributed by atoms with van der Waals surface area (Å²) in [6.45, 7) is 2.37. The fourth-order valence-electron chi connectivity index (χ4n) is 2.87. The lowest BCUT2D eigenvalue weighted by Gasteiger charge is -2.22. The van der Waals surface area contributed by atoms with Crippen LogP contribution in [0.5, 0.6) is 0 Å². The van der Waals surface area contributed by atoms with Crippen LogP contribution in [0.3, 0.4) is 0 Å². The number of esters is 2. The third kappa shape index (κ3) is 4.89. The van der Waals surface area contributed by atoms with Gasteiger partial charge in [-0.15, -0.1) is 0 Å². The number of hydrogen-bond donors (Lipinski definition) is 2. The minimum absolute atomic E-state index is 0.320. The number of rotatable bonds is 8. The summed E-state index contributed by atoms with van der Waals surface area (Å²) >= 11 is 0. The van der Waals surface area contributed by atoms with E-state index in [2.05, 4.69) is 15.4 Å². The molecule has 0 aromatic heterocycles. The van der Waals surface area contributed by atoms with Crippen molar-refractivity contribution in [2.75, 3.05) is 25.6 Å². The lowest BCUT2D eigenvalue weighted by Crippen LogP contribution is -2.46. The normalized spacial score (nSPS) is 14.9. The Labute approximate surface area is 167 Å². The van der Waals surface area contributed by atoms with E-state index in [0.717, 1.165) is 4.90 Å². The van der Waals surface area contributed by atoms with Gasteiger partial charge >= 0.3 is 18.0 Å². The van der Waals surface area contributed by atoms with E-state index in [4.69, 9.17) is 4.74 Å². The van der Waals surface area contributed by atoms with E-state index in [1.54, 1.807) is 13.8 Å². The summed E-state index contributed by atoms with van der Waals surface area (Å²) in [7, 11) is 1.26. The molecule has 2 rings (SSSR count). The highest BCUT2D eigenvalue weighted by Crippen LogP contribution is 2.24. The van der Waals surface area contributed by atoms with Crippen LogP contribution in [-0.2, 0) is 23.9 Å². The Morgan fingerprint density at radius 3 is 2.24 bits per heavy atom. The average molecular weight is 405 g/mol. The maximum absolute atomic E-state index is 12.4. The molecule has 1 heterocycles. The van der Waals surface area contributed by atoms with Crippen molar-refractivity contribution in [2.45, 2.75) is 32.2 Å². The highest BCUT2D eigenvalue weighted by molar-refractivity contribution is 6.08. The van der Waals surface area contributed by atoms with Crippen molar-refractivity contribution in [1.29, 1.82) is 0 Å². The van der Waals surface area contributed by atoms with Gasteiger partial charge in [-0.05, 0) is 37.1 Å². The van der Waals surface area contributed by atoms with Gasteiger partial charge in [-0.25, -0.2) is 9.59 Å². The first-order valence-electron chi connectivity index (χ1n) is 9.04. The molecule has 0 atom stereocenters. The number of methoxy groups -OCH3 is 1. The van der Waals surface area contributed by atoms with Crippen molar-refractivity contribution in [3.8, 4) is 0 Å². The van der Waals surface area contributed by atoms with Crippen LogP contribution >= 0.6 is 0 Å². The van der Waals surface area contributed by atoms with Crippen molar-refractivity contribution in [2.24, 2.45) is 0 Å². The summed E-state index contributed by atoms with van der Waals surface area (Å²) in [5.74, 6) is -2.49. The van der Waals surface area contributed by atoms with Gasteiger partial charge in [0.2, 0.25) is 0 Å². The molecular weight excluding hydrogens is 382 g/mol. The van der Waals surface area contributed by atoms with Gasteiger partial charge in [0.25, 0.3) is 11.8 Å². The molecule has 4 amide bonds. The van der Waals surface area contributed by atoms with E-state index in [9.17, 15) is 24.0 Å². The van der Waals surface area contributed by atoms with E-state index >= 15 is 0 Å². The van der Waals surface area contributed by atoms with Crippen LogP contribution in [-0.4, -0.2) is 60.5 Å². The Bertz CT molecular complexity index is 816. The Morgan fingerprint density at radius 2 is 1.72 bits per heavy atom. The Balaban J connectivity index is 1.84. The molecule has 0 bridgehead atoms. The maximum Gasteiger partial charge on any atom is 0.337 e. The van der Waals surface area contributed by atoms with Gasteiger partial charge in [-0.1, -0.05) is 13.8 Å². The highest BCUT2D eigenvalue weighted by atomic mass is 16.5. The number of carbonyl (C=O) groups is 5. The summed E-state index contributed by atoms with van der Waals surface area (Å²) < 4.78 is 9.43. The van der Waals surface area contributed by atoms with Crippen LogP contribution in [0, 0.1) is 0 Å². The van der Waals surface area contributed by atoms with Crippen molar-refractivity contribution in [3.05, 3.63) is 29.8 Å². The zero-order valence-corrected chi connectivity index (χ0v) is 16.4. The molecule has 1 aromatic rings. The van der Waals surface area contributed by atoms with Crippen LogP contribution in [0.2, 0.25) is 0 Å². The first-order valence-corrected chi connectivity index (χ1v) is 9.04. The summed E-state index contributed by atoms with van der Waals surface area (Å²) in [5, 5.41) is 5.10. The predicted octanol–water partition coefficient (Wildman–Crippen LogP) is 1.07. The zero-order chi connectivity index (χ0) is 21.6. The molecule has 0 unspecified atom stereocenters. The molecule has 1 aliphatic heterocycles. The molecule has 10 heteroatoms. The number of hydrogen-bond acceptors (Lipinski definition) is 7. The quantitative estimate of drug-likeness (QED) is 0.488. The monoisotopic (exact) mass is 405 g/mol. The van der Waals surface area contributed by atoms with Gasteiger partial charge in [0.05, 0.1) is 12.7 Å². The molecule has 1 aliphatic rings. The summed E-state index contributed by atoms with van der Waals surface area (Å²) in [5.41, 5.74) is -0.297. The van der Waals surface area contributed by atoms with E-state index < -0.39 is 48.5 Å². The highest BCUT2D eigenvalue weighted by Gasteiger charge is 2.49. The fourth-order valence-corrected chi connectivity index (χ4v) is 2.87. The second-order valence-electron chi connectivity index (χ2n) is 6.39. The molecule has 0 spiro atoms. The van der Waals surface area contributed by atoms with Gasteiger partial charge < -0.3 is 20.1 Å². The first kappa shape index (κ1) is 21.9. The molecule has 0 saturated carbocycles. The predicted molar refractivity (Wildman–Crippen MR) is 101 cm³/mol. The summed E-state index contributed by atoms with van der Waals surface area (Å²) in [4.78, 5) is 60.5. The summed E-state index contributed by atoms with van der Waals surface area (Å²) in [6.07, 6.45) is 0.799. The van der Waals surface area contributed by atoms with Crippen LogP contribution in [0.25, 0.3) is 0 Å². The van der Waals surface area contributed by atoms with Gasteiger partial charge in [-0.3, -0.25) is 19.3 Å².